The average molecular weight is 470 g/mol. The Bertz CT molecular complexity index is 1220. The molecule has 0 saturated carbocycles. The zero-order chi connectivity index (χ0) is 20.4. The smallest absolute Gasteiger partial charge is 0.293 e. The summed E-state index contributed by atoms with van der Waals surface area (Å²) in [5.41, 5.74) is 1.69. The molecule has 0 spiro atoms. The molecule has 3 heterocycles. The molecule has 0 saturated heterocycles. The molecule has 1 aromatic carbocycles. The first kappa shape index (κ1) is 19.4. The van der Waals surface area contributed by atoms with Crippen molar-refractivity contribution in [2.45, 2.75) is 13.5 Å². The molecular weight excluding hydrogens is 454 g/mol. The molecule has 146 valence electrons. The molecule has 0 unspecified atom stereocenters. The van der Waals surface area contributed by atoms with Crippen molar-refractivity contribution in [3.63, 3.8) is 0 Å². The number of pyridine rings is 1. The molecule has 0 aliphatic heterocycles. The van der Waals surface area contributed by atoms with E-state index >= 15 is 0 Å². The minimum atomic E-state index is -0.382. The highest BCUT2D eigenvalue weighted by molar-refractivity contribution is 9.10. The van der Waals surface area contributed by atoms with Crippen LogP contribution in [0.4, 0.5) is 5.13 Å². The fourth-order valence-corrected chi connectivity index (χ4v) is 3.92. The molecule has 0 atom stereocenters. The molecule has 0 radical (unpaired) electrons. The van der Waals surface area contributed by atoms with Crippen LogP contribution in [0.25, 0.3) is 11.3 Å². The van der Waals surface area contributed by atoms with Crippen LogP contribution in [-0.4, -0.2) is 15.5 Å². The maximum atomic E-state index is 12.5. The fraction of sp³-hybridized carbons (Fsp3) is 0.0952. The second kappa shape index (κ2) is 8.18. The molecule has 0 aliphatic rings. The molecule has 0 bridgehead atoms. The Kier molecular flexibility index (Phi) is 5.46. The van der Waals surface area contributed by atoms with Crippen molar-refractivity contribution in [2.24, 2.45) is 0 Å². The van der Waals surface area contributed by atoms with Crippen molar-refractivity contribution in [3.8, 4) is 11.3 Å². The number of thiazole rings is 1. The van der Waals surface area contributed by atoms with Gasteiger partial charge in [-0.25, -0.2) is 4.98 Å². The third kappa shape index (κ3) is 4.38. The number of halogens is 1. The van der Waals surface area contributed by atoms with Crippen LogP contribution < -0.4 is 10.9 Å². The van der Waals surface area contributed by atoms with Gasteiger partial charge in [0.15, 0.2) is 10.9 Å². The van der Waals surface area contributed by atoms with Crippen LogP contribution in [0, 0.1) is 6.92 Å². The third-order valence-corrected chi connectivity index (χ3v) is 5.66. The fourth-order valence-electron chi connectivity index (χ4n) is 2.83. The van der Waals surface area contributed by atoms with Crippen LogP contribution >= 0.6 is 27.3 Å². The lowest BCUT2D eigenvalue weighted by molar-refractivity contribution is 0.0994. The number of nitrogens with one attached hydrogen (secondary N) is 1. The van der Waals surface area contributed by atoms with Crippen molar-refractivity contribution in [2.75, 3.05) is 5.32 Å². The quantitative estimate of drug-likeness (QED) is 0.449. The second-order valence-electron chi connectivity index (χ2n) is 6.32. The van der Waals surface area contributed by atoms with Crippen LogP contribution in [0.3, 0.4) is 0 Å². The summed E-state index contributed by atoms with van der Waals surface area (Å²) in [7, 11) is 0. The lowest BCUT2D eigenvalue weighted by Crippen LogP contribution is -2.18. The molecule has 0 aliphatic carbocycles. The predicted molar refractivity (Wildman–Crippen MR) is 116 cm³/mol. The number of anilines is 1. The number of benzene rings is 1. The van der Waals surface area contributed by atoms with E-state index in [1.54, 1.807) is 30.5 Å². The summed E-state index contributed by atoms with van der Waals surface area (Å²) < 4.78 is 8.11. The molecule has 3 aromatic heterocycles. The number of hydrogen-bond acceptors (Lipinski definition) is 5. The molecule has 8 heteroatoms. The van der Waals surface area contributed by atoms with E-state index in [4.69, 9.17) is 4.42 Å². The first-order valence-electron chi connectivity index (χ1n) is 8.78. The molecule has 4 rings (SSSR count). The van der Waals surface area contributed by atoms with Crippen LogP contribution in [0.15, 0.2) is 74.5 Å². The van der Waals surface area contributed by atoms with E-state index in [0.29, 0.717) is 10.9 Å². The maximum absolute atomic E-state index is 12.5. The minimum Gasteiger partial charge on any atom is -0.454 e. The van der Waals surface area contributed by atoms with Crippen molar-refractivity contribution >= 4 is 38.3 Å². The summed E-state index contributed by atoms with van der Waals surface area (Å²) in [6, 6.07) is 16.1. The molecule has 6 nitrogen and oxygen atoms in total. The van der Waals surface area contributed by atoms with Gasteiger partial charge < -0.3 is 8.98 Å². The Morgan fingerprint density at radius 2 is 1.97 bits per heavy atom. The van der Waals surface area contributed by atoms with E-state index in [9.17, 15) is 9.59 Å². The number of amides is 1. The second-order valence-corrected chi connectivity index (χ2v) is 8.44. The number of rotatable bonds is 5. The van der Waals surface area contributed by atoms with Gasteiger partial charge in [-0.1, -0.05) is 34.1 Å². The molecule has 4 aromatic rings. The van der Waals surface area contributed by atoms with E-state index in [0.717, 1.165) is 20.6 Å². The zero-order valence-electron chi connectivity index (χ0n) is 15.4. The molecular formula is C21H16BrN3O3S. The van der Waals surface area contributed by atoms with Gasteiger partial charge in [0, 0.05) is 27.2 Å². The van der Waals surface area contributed by atoms with Gasteiger partial charge in [-0.15, -0.1) is 11.3 Å². The highest BCUT2D eigenvalue weighted by Crippen LogP contribution is 2.31. The van der Waals surface area contributed by atoms with Gasteiger partial charge in [0.1, 0.15) is 5.76 Å². The largest absolute Gasteiger partial charge is 0.454 e. The summed E-state index contributed by atoms with van der Waals surface area (Å²) in [5, 5.41) is 3.29. The topological polar surface area (TPSA) is 77.1 Å². The van der Waals surface area contributed by atoms with E-state index < -0.39 is 0 Å². The number of aromatic nitrogens is 2. The summed E-state index contributed by atoms with van der Waals surface area (Å²) in [4.78, 5) is 29.9. The third-order valence-electron chi connectivity index (χ3n) is 4.25. The van der Waals surface area contributed by atoms with Crippen molar-refractivity contribution in [3.05, 3.63) is 92.0 Å². The van der Waals surface area contributed by atoms with E-state index in [-0.39, 0.29) is 23.8 Å². The van der Waals surface area contributed by atoms with Gasteiger partial charge in [-0.3, -0.25) is 14.9 Å². The number of carbonyl (C=O) groups excluding carboxylic acids is 1. The van der Waals surface area contributed by atoms with Crippen LogP contribution in [0.5, 0.6) is 0 Å². The lowest BCUT2D eigenvalue weighted by atomic mass is 10.1. The van der Waals surface area contributed by atoms with Crippen molar-refractivity contribution in [1.82, 2.24) is 9.55 Å². The monoisotopic (exact) mass is 469 g/mol. The average Bonchev–Trinajstić information content (AvgIpc) is 3.31. The van der Waals surface area contributed by atoms with Gasteiger partial charge in [0.05, 0.1) is 12.2 Å². The summed E-state index contributed by atoms with van der Waals surface area (Å²) >= 11 is 4.83. The van der Waals surface area contributed by atoms with Crippen LogP contribution in [-0.2, 0) is 6.54 Å². The maximum Gasteiger partial charge on any atom is 0.293 e. The number of nitrogens with zero attached hydrogens (tertiary/aromatic N) is 2. The number of furan rings is 1. The summed E-state index contributed by atoms with van der Waals surface area (Å²) in [5.74, 6) is 0.309. The van der Waals surface area contributed by atoms with Gasteiger partial charge in [0.25, 0.3) is 11.5 Å². The Morgan fingerprint density at radius 3 is 2.72 bits per heavy atom. The van der Waals surface area contributed by atoms with Gasteiger partial charge >= 0.3 is 0 Å². The number of hydrogen-bond donors (Lipinski definition) is 1. The number of aryl methyl sites for hydroxylation is 1. The van der Waals surface area contributed by atoms with Crippen LogP contribution in [0.2, 0.25) is 0 Å². The molecule has 29 heavy (non-hydrogen) atoms. The standard InChI is InChI=1S/C21H16BrN3O3S/c1-13-19(14-5-7-15(22)8-6-14)23-21(29-13)24-20(27)17-10-9-16(28-17)12-25-11-3-2-4-18(25)26/h2-11H,12H2,1H3,(H,23,24,27). The molecule has 1 amide bonds. The Morgan fingerprint density at radius 1 is 1.17 bits per heavy atom. The summed E-state index contributed by atoms with van der Waals surface area (Å²) in [6.45, 7) is 2.23. The Balaban J connectivity index is 1.48. The molecule has 1 N–H and O–H groups in total. The SMILES string of the molecule is Cc1sc(NC(=O)c2ccc(Cn3ccccc3=O)o2)nc1-c1ccc(Br)cc1. The van der Waals surface area contributed by atoms with E-state index in [1.807, 2.05) is 31.2 Å². The summed E-state index contributed by atoms with van der Waals surface area (Å²) in [6.07, 6.45) is 1.67. The highest BCUT2D eigenvalue weighted by Gasteiger charge is 2.16. The zero-order valence-corrected chi connectivity index (χ0v) is 17.8. The lowest BCUT2D eigenvalue weighted by Gasteiger charge is -2.02. The number of carbonyl (C=O) groups is 1. The van der Waals surface area contributed by atoms with Gasteiger partial charge in [-0.2, -0.15) is 0 Å². The molecule has 0 fully saturated rings. The first-order valence-corrected chi connectivity index (χ1v) is 10.4. The predicted octanol–water partition coefficient (Wildman–Crippen LogP) is 4.94. The van der Waals surface area contributed by atoms with Gasteiger partial charge in [-0.05, 0) is 37.3 Å². The Hall–Kier alpha value is -2.97. The van der Waals surface area contributed by atoms with Crippen molar-refractivity contribution < 1.29 is 9.21 Å². The van der Waals surface area contributed by atoms with E-state index in [1.165, 1.54) is 22.0 Å². The van der Waals surface area contributed by atoms with Crippen LogP contribution in [0.1, 0.15) is 21.2 Å². The minimum absolute atomic E-state index is 0.131. The van der Waals surface area contributed by atoms with E-state index in [2.05, 4.69) is 26.2 Å². The normalized spacial score (nSPS) is 10.8. The Labute approximate surface area is 179 Å². The highest BCUT2D eigenvalue weighted by atomic mass is 79.9. The first-order chi connectivity index (χ1) is 14.0. The van der Waals surface area contributed by atoms with Crippen molar-refractivity contribution in [1.29, 1.82) is 0 Å². The van der Waals surface area contributed by atoms with Gasteiger partial charge in [0.2, 0.25) is 0 Å².